The Balaban J connectivity index is 1.45. The summed E-state index contributed by atoms with van der Waals surface area (Å²) in [4.78, 5) is 18.8. The molecule has 6 nitrogen and oxygen atoms in total. The number of carbonyl (C=O) groups excluding carboxylic acids is 1. The highest BCUT2D eigenvalue weighted by atomic mass is 16.6. The van der Waals surface area contributed by atoms with Gasteiger partial charge in [-0.05, 0) is 25.0 Å². The van der Waals surface area contributed by atoms with Crippen molar-refractivity contribution in [3.63, 3.8) is 0 Å². The lowest BCUT2D eigenvalue weighted by molar-refractivity contribution is -0.142. The Labute approximate surface area is 134 Å². The summed E-state index contributed by atoms with van der Waals surface area (Å²) in [5.41, 5.74) is 0. The lowest BCUT2D eigenvalue weighted by Crippen LogP contribution is -2.49. The minimum Gasteiger partial charge on any atom is -0.485 e. The Bertz CT molecular complexity index is 686. The van der Waals surface area contributed by atoms with Crippen LogP contribution >= 0.6 is 0 Å². The van der Waals surface area contributed by atoms with Crippen LogP contribution in [-0.2, 0) is 4.79 Å². The first kappa shape index (κ1) is 14.1. The Morgan fingerprint density at radius 3 is 2.96 bits per heavy atom. The molecule has 2 aliphatic rings. The smallest absolute Gasteiger partial charge is 0.267 e. The molecule has 1 fully saturated rings. The van der Waals surface area contributed by atoms with E-state index < -0.39 is 6.10 Å². The summed E-state index contributed by atoms with van der Waals surface area (Å²) < 4.78 is 13.6. The summed E-state index contributed by atoms with van der Waals surface area (Å²) in [6, 6.07) is 7.74. The second kappa shape index (κ2) is 5.95. The number of aromatic nitrogens is 2. The van der Waals surface area contributed by atoms with Crippen molar-refractivity contribution in [2.75, 3.05) is 19.7 Å². The highest BCUT2D eigenvalue weighted by molar-refractivity contribution is 5.82. The number of para-hydroxylation sites is 2. The third-order valence-corrected chi connectivity index (χ3v) is 4.44. The Morgan fingerprint density at radius 2 is 2.13 bits per heavy atom. The number of rotatable bonds is 2. The van der Waals surface area contributed by atoms with E-state index in [1.807, 2.05) is 41.7 Å². The van der Waals surface area contributed by atoms with Crippen LogP contribution in [0.1, 0.15) is 18.9 Å². The summed E-state index contributed by atoms with van der Waals surface area (Å²) in [5, 5.41) is 0. The number of hydrogen-bond donors (Lipinski definition) is 0. The maximum Gasteiger partial charge on any atom is 0.267 e. The summed E-state index contributed by atoms with van der Waals surface area (Å²) >= 11 is 0. The molecule has 6 heteroatoms. The minimum absolute atomic E-state index is 0.00400. The second-order valence-electron chi connectivity index (χ2n) is 5.95. The molecule has 0 saturated carbocycles. The molecule has 3 heterocycles. The zero-order valence-corrected chi connectivity index (χ0v) is 12.8. The standard InChI is InChI=1S/C17H19N3O3/c21-17(16-11-22-14-5-1-2-6-15(14)23-16)19-8-3-4-13(10-19)20-9-7-18-12-20/h1-2,5-7,9,12-13,16H,3-4,8,10-11H2/t13-,16+/m1/s1. The molecule has 23 heavy (non-hydrogen) atoms. The highest BCUT2D eigenvalue weighted by Gasteiger charge is 2.33. The highest BCUT2D eigenvalue weighted by Crippen LogP contribution is 2.32. The number of imidazole rings is 1. The van der Waals surface area contributed by atoms with E-state index in [2.05, 4.69) is 9.55 Å². The quantitative estimate of drug-likeness (QED) is 0.849. The molecule has 0 N–H and O–H groups in total. The van der Waals surface area contributed by atoms with E-state index in [9.17, 15) is 4.79 Å². The maximum atomic E-state index is 12.8. The number of nitrogens with zero attached hydrogens (tertiary/aromatic N) is 3. The van der Waals surface area contributed by atoms with Crippen molar-refractivity contribution in [3.05, 3.63) is 43.0 Å². The van der Waals surface area contributed by atoms with Gasteiger partial charge in [0.05, 0.1) is 12.4 Å². The molecule has 120 valence electrons. The van der Waals surface area contributed by atoms with Gasteiger partial charge in [-0.2, -0.15) is 0 Å². The number of fused-ring (bicyclic) bond motifs is 1. The lowest BCUT2D eigenvalue weighted by atomic mass is 10.0. The molecule has 0 radical (unpaired) electrons. The van der Waals surface area contributed by atoms with E-state index in [4.69, 9.17) is 9.47 Å². The molecule has 2 atom stereocenters. The third-order valence-electron chi connectivity index (χ3n) is 4.44. The number of amides is 1. The molecule has 1 aromatic carbocycles. The van der Waals surface area contributed by atoms with Gasteiger partial charge in [-0.1, -0.05) is 12.1 Å². The number of likely N-dealkylation sites (tertiary alicyclic amines) is 1. The van der Waals surface area contributed by atoms with E-state index >= 15 is 0 Å². The van der Waals surface area contributed by atoms with E-state index in [-0.39, 0.29) is 18.6 Å². The third kappa shape index (κ3) is 2.76. The zero-order valence-electron chi connectivity index (χ0n) is 12.8. The van der Waals surface area contributed by atoms with Gasteiger partial charge in [0.2, 0.25) is 6.10 Å². The van der Waals surface area contributed by atoms with E-state index in [1.165, 1.54) is 0 Å². The average molecular weight is 313 g/mol. The Hall–Kier alpha value is -2.50. The average Bonchev–Trinajstić information content (AvgIpc) is 3.15. The first-order valence-electron chi connectivity index (χ1n) is 7.96. The fourth-order valence-electron chi connectivity index (χ4n) is 3.23. The van der Waals surface area contributed by atoms with Gasteiger partial charge in [-0.25, -0.2) is 4.98 Å². The topological polar surface area (TPSA) is 56.6 Å². The van der Waals surface area contributed by atoms with Gasteiger partial charge >= 0.3 is 0 Å². The van der Waals surface area contributed by atoms with Crippen LogP contribution in [-0.4, -0.2) is 46.2 Å². The van der Waals surface area contributed by atoms with Crippen LogP contribution in [0.25, 0.3) is 0 Å². The van der Waals surface area contributed by atoms with Crippen molar-refractivity contribution in [3.8, 4) is 11.5 Å². The summed E-state index contributed by atoms with van der Waals surface area (Å²) in [7, 11) is 0. The monoisotopic (exact) mass is 313 g/mol. The van der Waals surface area contributed by atoms with Gasteiger partial charge in [0, 0.05) is 25.5 Å². The maximum absolute atomic E-state index is 12.8. The van der Waals surface area contributed by atoms with Gasteiger partial charge in [0.1, 0.15) is 6.61 Å². The SMILES string of the molecule is O=C([C@@H]1COc2ccccc2O1)N1CCC[C@@H](n2ccnc2)C1. The number of benzene rings is 1. The van der Waals surface area contributed by atoms with Crippen LogP contribution in [0.5, 0.6) is 11.5 Å². The lowest BCUT2D eigenvalue weighted by Gasteiger charge is -2.36. The number of piperidine rings is 1. The fourth-order valence-corrected chi connectivity index (χ4v) is 3.23. The van der Waals surface area contributed by atoms with Crippen molar-refractivity contribution >= 4 is 5.91 Å². The van der Waals surface area contributed by atoms with Crippen LogP contribution < -0.4 is 9.47 Å². The first-order chi connectivity index (χ1) is 11.3. The Morgan fingerprint density at radius 1 is 1.26 bits per heavy atom. The van der Waals surface area contributed by atoms with Crippen LogP contribution in [0.3, 0.4) is 0 Å². The number of hydrogen-bond acceptors (Lipinski definition) is 4. The molecule has 1 amide bonds. The van der Waals surface area contributed by atoms with Crippen LogP contribution in [0.2, 0.25) is 0 Å². The molecule has 0 aliphatic carbocycles. The summed E-state index contributed by atoms with van der Waals surface area (Å²) in [6.45, 7) is 1.73. The predicted octanol–water partition coefficient (Wildman–Crippen LogP) is 1.89. The fraction of sp³-hybridized carbons (Fsp3) is 0.412. The minimum atomic E-state index is -0.563. The van der Waals surface area contributed by atoms with Gasteiger partial charge in [-0.15, -0.1) is 0 Å². The van der Waals surface area contributed by atoms with Crippen molar-refractivity contribution in [2.45, 2.75) is 25.0 Å². The largest absolute Gasteiger partial charge is 0.485 e. The van der Waals surface area contributed by atoms with Crippen LogP contribution in [0.15, 0.2) is 43.0 Å². The first-order valence-corrected chi connectivity index (χ1v) is 7.96. The Kier molecular flexibility index (Phi) is 3.65. The van der Waals surface area contributed by atoms with Crippen LogP contribution in [0, 0.1) is 0 Å². The molecule has 1 aromatic heterocycles. The van der Waals surface area contributed by atoms with Crippen molar-refractivity contribution in [1.82, 2.24) is 14.5 Å². The van der Waals surface area contributed by atoms with E-state index in [0.29, 0.717) is 18.0 Å². The van der Waals surface area contributed by atoms with Crippen molar-refractivity contribution in [2.24, 2.45) is 0 Å². The van der Waals surface area contributed by atoms with E-state index in [1.54, 1.807) is 6.20 Å². The van der Waals surface area contributed by atoms with Gasteiger partial charge < -0.3 is 18.9 Å². The number of ether oxygens (including phenoxy) is 2. The zero-order chi connectivity index (χ0) is 15.6. The predicted molar refractivity (Wildman–Crippen MR) is 83.4 cm³/mol. The molecule has 0 spiro atoms. The summed E-state index contributed by atoms with van der Waals surface area (Å²) in [6.07, 6.45) is 7.02. The molecule has 0 bridgehead atoms. The molecule has 2 aromatic rings. The van der Waals surface area contributed by atoms with Crippen molar-refractivity contribution < 1.29 is 14.3 Å². The normalized spacial score (nSPS) is 23.6. The molecule has 1 saturated heterocycles. The van der Waals surface area contributed by atoms with Gasteiger partial charge in [-0.3, -0.25) is 4.79 Å². The molecule has 4 rings (SSSR count). The molecule has 2 aliphatic heterocycles. The molecular formula is C17H19N3O3. The van der Waals surface area contributed by atoms with Crippen molar-refractivity contribution in [1.29, 1.82) is 0 Å². The molecule has 0 unspecified atom stereocenters. The second-order valence-corrected chi connectivity index (χ2v) is 5.95. The van der Waals surface area contributed by atoms with Gasteiger partial charge in [0.25, 0.3) is 5.91 Å². The van der Waals surface area contributed by atoms with Gasteiger partial charge in [0.15, 0.2) is 11.5 Å². The van der Waals surface area contributed by atoms with E-state index in [0.717, 1.165) is 19.4 Å². The van der Waals surface area contributed by atoms with Crippen LogP contribution in [0.4, 0.5) is 0 Å². The summed E-state index contributed by atoms with van der Waals surface area (Å²) in [5.74, 6) is 1.34. The number of carbonyl (C=O) groups is 1. The molecular weight excluding hydrogens is 294 g/mol.